The van der Waals surface area contributed by atoms with E-state index in [4.69, 9.17) is 5.73 Å². The number of hydrogen-bond donors (Lipinski definition) is 2. The highest BCUT2D eigenvalue weighted by molar-refractivity contribution is 5.80. The first-order chi connectivity index (χ1) is 6.91. The minimum Gasteiger partial charge on any atom is -0.368 e. The summed E-state index contributed by atoms with van der Waals surface area (Å²) in [6.07, 6.45) is 6.23. The molecule has 3 heteroatoms. The molecule has 1 aliphatic carbocycles. The number of nitrogens with two attached hydrogens (primary N) is 1. The van der Waals surface area contributed by atoms with Crippen LogP contribution in [0.5, 0.6) is 0 Å². The van der Waals surface area contributed by atoms with Crippen LogP contribution in [0, 0.1) is 5.41 Å². The van der Waals surface area contributed by atoms with Gasteiger partial charge in [-0.2, -0.15) is 0 Å². The van der Waals surface area contributed by atoms with Crippen LogP contribution in [0.2, 0.25) is 0 Å². The lowest BCUT2D eigenvalue weighted by atomic mass is 9.84. The lowest BCUT2D eigenvalue weighted by Crippen LogP contribution is -2.53. The Kier molecular flexibility index (Phi) is 4.14. The maximum absolute atomic E-state index is 11.4. The van der Waals surface area contributed by atoms with Gasteiger partial charge in [-0.3, -0.25) is 4.79 Å². The first kappa shape index (κ1) is 12.5. The van der Waals surface area contributed by atoms with Gasteiger partial charge in [0.1, 0.15) is 0 Å². The second-order valence-electron chi connectivity index (χ2n) is 5.70. The van der Waals surface area contributed by atoms with Crippen molar-refractivity contribution in [1.82, 2.24) is 5.32 Å². The van der Waals surface area contributed by atoms with Crippen LogP contribution < -0.4 is 11.1 Å². The molecule has 3 N–H and O–H groups in total. The zero-order valence-electron chi connectivity index (χ0n) is 10.2. The van der Waals surface area contributed by atoms with E-state index in [9.17, 15) is 4.79 Å². The SMILES string of the molecule is CC(C)(C)C(NC1CCCCC1)C(N)=O. The molecule has 0 aromatic heterocycles. The molecule has 0 bridgehead atoms. The van der Waals surface area contributed by atoms with Gasteiger partial charge in [0.25, 0.3) is 0 Å². The number of nitrogens with one attached hydrogen (secondary N) is 1. The van der Waals surface area contributed by atoms with Crippen LogP contribution >= 0.6 is 0 Å². The number of hydrogen-bond acceptors (Lipinski definition) is 2. The molecule has 3 nitrogen and oxygen atoms in total. The normalized spacial score (nSPS) is 21.3. The average Bonchev–Trinajstić information content (AvgIpc) is 2.13. The van der Waals surface area contributed by atoms with E-state index in [1.807, 2.05) is 0 Å². The van der Waals surface area contributed by atoms with Crippen LogP contribution in [0.15, 0.2) is 0 Å². The van der Waals surface area contributed by atoms with Crippen molar-refractivity contribution in [3.8, 4) is 0 Å². The summed E-state index contributed by atoms with van der Waals surface area (Å²) in [6.45, 7) is 6.16. The van der Waals surface area contributed by atoms with Crippen LogP contribution in [-0.2, 0) is 4.79 Å². The number of carbonyl (C=O) groups is 1. The Morgan fingerprint density at radius 3 is 2.20 bits per heavy atom. The fraction of sp³-hybridized carbons (Fsp3) is 0.917. The minimum absolute atomic E-state index is 0.0940. The van der Waals surface area contributed by atoms with E-state index in [1.165, 1.54) is 32.1 Å². The highest BCUT2D eigenvalue weighted by Gasteiger charge is 2.31. The van der Waals surface area contributed by atoms with Crippen molar-refractivity contribution in [1.29, 1.82) is 0 Å². The Morgan fingerprint density at radius 2 is 1.80 bits per heavy atom. The van der Waals surface area contributed by atoms with Crippen LogP contribution in [-0.4, -0.2) is 18.0 Å². The molecule has 1 fully saturated rings. The fourth-order valence-electron chi connectivity index (χ4n) is 2.26. The summed E-state index contributed by atoms with van der Waals surface area (Å²) in [5.41, 5.74) is 5.34. The van der Waals surface area contributed by atoms with Gasteiger partial charge >= 0.3 is 0 Å². The van der Waals surface area contributed by atoms with E-state index in [1.54, 1.807) is 0 Å². The van der Waals surface area contributed by atoms with Crippen molar-refractivity contribution < 1.29 is 4.79 Å². The summed E-state index contributed by atoms with van der Waals surface area (Å²) in [7, 11) is 0. The van der Waals surface area contributed by atoms with E-state index in [0.717, 1.165) is 0 Å². The lowest BCUT2D eigenvalue weighted by molar-refractivity contribution is -0.122. The van der Waals surface area contributed by atoms with Gasteiger partial charge in [-0.15, -0.1) is 0 Å². The number of amides is 1. The van der Waals surface area contributed by atoms with E-state index in [2.05, 4.69) is 26.1 Å². The molecule has 0 aliphatic heterocycles. The highest BCUT2D eigenvalue weighted by atomic mass is 16.1. The van der Waals surface area contributed by atoms with E-state index in [0.29, 0.717) is 6.04 Å². The van der Waals surface area contributed by atoms with Crippen LogP contribution in [0.3, 0.4) is 0 Å². The third-order valence-corrected chi connectivity index (χ3v) is 3.16. The van der Waals surface area contributed by atoms with Crippen molar-refractivity contribution >= 4 is 5.91 Å². The van der Waals surface area contributed by atoms with Gasteiger partial charge in [-0.25, -0.2) is 0 Å². The van der Waals surface area contributed by atoms with Gasteiger partial charge in [0.05, 0.1) is 6.04 Å². The van der Waals surface area contributed by atoms with E-state index < -0.39 is 0 Å². The molecular weight excluding hydrogens is 188 g/mol. The molecule has 0 saturated heterocycles. The third kappa shape index (κ3) is 3.82. The molecule has 1 amide bonds. The minimum atomic E-state index is -0.229. The van der Waals surface area contributed by atoms with Crippen LogP contribution in [0.25, 0.3) is 0 Å². The first-order valence-electron chi connectivity index (χ1n) is 5.96. The maximum Gasteiger partial charge on any atom is 0.235 e. The molecule has 1 rings (SSSR count). The summed E-state index contributed by atoms with van der Waals surface area (Å²) < 4.78 is 0. The Balaban J connectivity index is 2.54. The third-order valence-electron chi connectivity index (χ3n) is 3.16. The molecule has 0 spiro atoms. The molecule has 0 heterocycles. The van der Waals surface area contributed by atoms with Crippen molar-refractivity contribution in [2.24, 2.45) is 11.1 Å². The largest absolute Gasteiger partial charge is 0.368 e. The summed E-state index contributed by atoms with van der Waals surface area (Å²) in [5.74, 6) is -0.229. The smallest absolute Gasteiger partial charge is 0.235 e. The van der Waals surface area contributed by atoms with Gasteiger partial charge in [0.2, 0.25) is 5.91 Å². The predicted octanol–water partition coefficient (Wildman–Crippen LogP) is 1.81. The van der Waals surface area contributed by atoms with Crippen LogP contribution in [0.1, 0.15) is 52.9 Å². The van der Waals surface area contributed by atoms with Gasteiger partial charge in [0, 0.05) is 6.04 Å². The second kappa shape index (κ2) is 4.97. The molecule has 88 valence electrons. The molecule has 1 aliphatic rings. The molecule has 1 atom stereocenters. The Hall–Kier alpha value is -0.570. The monoisotopic (exact) mass is 212 g/mol. The molecule has 0 aromatic carbocycles. The van der Waals surface area contributed by atoms with E-state index in [-0.39, 0.29) is 17.4 Å². The summed E-state index contributed by atoms with van der Waals surface area (Å²) >= 11 is 0. The summed E-state index contributed by atoms with van der Waals surface area (Å²) in [4.78, 5) is 11.4. The Bertz CT molecular complexity index is 214. The number of primary amides is 1. The summed E-state index contributed by atoms with van der Waals surface area (Å²) in [5, 5.41) is 3.42. The Morgan fingerprint density at radius 1 is 1.27 bits per heavy atom. The number of carbonyl (C=O) groups excluding carboxylic acids is 1. The Labute approximate surface area is 92.8 Å². The molecule has 15 heavy (non-hydrogen) atoms. The van der Waals surface area contributed by atoms with Crippen molar-refractivity contribution in [3.05, 3.63) is 0 Å². The summed E-state index contributed by atoms with van der Waals surface area (Å²) in [6, 6.07) is 0.274. The molecular formula is C12H24N2O. The first-order valence-corrected chi connectivity index (χ1v) is 5.96. The number of rotatable bonds is 3. The van der Waals surface area contributed by atoms with Crippen molar-refractivity contribution in [3.63, 3.8) is 0 Å². The van der Waals surface area contributed by atoms with Gasteiger partial charge < -0.3 is 11.1 Å². The lowest BCUT2D eigenvalue weighted by Gasteiger charge is -2.34. The molecule has 0 aromatic rings. The molecule has 1 saturated carbocycles. The van der Waals surface area contributed by atoms with Gasteiger partial charge in [-0.1, -0.05) is 40.0 Å². The standard InChI is InChI=1S/C12H24N2O/c1-12(2,3)10(11(13)15)14-9-7-5-4-6-8-9/h9-10,14H,4-8H2,1-3H3,(H2,13,15). The topological polar surface area (TPSA) is 55.1 Å². The molecule has 1 unspecified atom stereocenters. The zero-order valence-corrected chi connectivity index (χ0v) is 10.2. The maximum atomic E-state index is 11.4. The van der Waals surface area contributed by atoms with E-state index >= 15 is 0 Å². The second-order valence-corrected chi connectivity index (χ2v) is 5.70. The molecule has 0 radical (unpaired) electrons. The van der Waals surface area contributed by atoms with Crippen molar-refractivity contribution in [2.75, 3.05) is 0 Å². The van der Waals surface area contributed by atoms with Crippen molar-refractivity contribution in [2.45, 2.75) is 65.0 Å². The average molecular weight is 212 g/mol. The van der Waals surface area contributed by atoms with Gasteiger partial charge in [0.15, 0.2) is 0 Å². The van der Waals surface area contributed by atoms with Gasteiger partial charge in [-0.05, 0) is 18.3 Å². The fourth-order valence-corrected chi connectivity index (χ4v) is 2.26. The highest BCUT2D eigenvalue weighted by Crippen LogP contribution is 2.23. The zero-order chi connectivity index (χ0) is 11.5. The predicted molar refractivity (Wildman–Crippen MR) is 62.4 cm³/mol. The quantitative estimate of drug-likeness (QED) is 0.749. The van der Waals surface area contributed by atoms with Crippen LogP contribution in [0.4, 0.5) is 0 Å².